The van der Waals surface area contributed by atoms with Crippen LogP contribution in [0.15, 0.2) is 24.4 Å². The van der Waals surface area contributed by atoms with Crippen LogP contribution in [0, 0.1) is 12.7 Å². The Labute approximate surface area is 166 Å². The fraction of sp³-hybridized carbons (Fsp3) is 0.333. The maximum atomic E-state index is 14.6. The predicted octanol–water partition coefficient (Wildman–Crippen LogP) is 3.56. The first-order valence-corrected chi connectivity index (χ1v) is 9.22. The summed E-state index contributed by atoms with van der Waals surface area (Å²) in [4.78, 5) is 6.51. The van der Waals surface area contributed by atoms with Crippen LogP contribution in [0.2, 0.25) is 10.2 Å². The highest BCUT2D eigenvalue weighted by Gasteiger charge is 2.27. The summed E-state index contributed by atoms with van der Waals surface area (Å²) in [5.41, 5.74) is 6.71. The van der Waals surface area contributed by atoms with Gasteiger partial charge in [-0.25, -0.2) is 9.37 Å². The highest BCUT2D eigenvalue weighted by atomic mass is 35.5. The first kappa shape index (κ1) is 19.8. The van der Waals surface area contributed by atoms with E-state index in [0.717, 1.165) is 5.56 Å². The molecule has 0 amide bonds. The molecule has 6 nitrogen and oxygen atoms in total. The fourth-order valence-electron chi connectivity index (χ4n) is 3.08. The Morgan fingerprint density at radius 1 is 1.15 bits per heavy atom. The van der Waals surface area contributed by atoms with E-state index in [9.17, 15) is 4.39 Å². The summed E-state index contributed by atoms with van der Waals surface area (Å²) in [7, 11) is 1.50. The molecule has 0 unspecified atom stereocenters. The zero-order valence-electron chi connectivity index (χ0n) is 15.0. The van der Waals surface area contributed by atoms with Crippen LogP contribution < -0.4 is 10.6 Å². The third kappa shape index (κ3) is 3.60. The van der Waals surface area contributed by atoms with Crippen molar-refractivity contribution in [3.8, 4) is 11.1 Å². The van der Waals surface area contributed by atoms with Crippen molar-refractivity contribution < 1.29 is 9.13 Å². The minimum atomic E-state index is -0.450. The normalized spacial score (nSPS) is 14.2. The van der Waals surface area contributed by atoms with Gasteiger partial charge in [-0.05, 0) is 26.1 Å². The third-order valence-corrected chi connectivity index (χ3v) is 4.87. The molecule has 4 rings (SSSR count). The zero-order valence-corrected chi connectivity index (χ0v) is 16.6. The Balaban J connectivity index is 0.00000102. The number of morpholine rings is 1. The average molecular weight is 412 g/mol. The second-order valence-corrected chi connectivity index (χ2v) is 6.63. The van der Waals surface area contributed by atoms with Crippen molar-refractivity contribution in [1.82, 2.24) is 14.6 Å². The highest BCUT2D eigenvalue weighted by Crippen LogP contribution is 2.41. The number of rotatable bonds is 2. The number of fused-ring (bicyclic) bond motifs is 1. The van der Waals surface area contributed by atoms with E-state index in [-0.39, 0.29) is 15.7 Å². The predicted molar refractivity (Wildman–Crippen MR) is 106 cm³/mol. The molecule has 144 valence electrons. The van der Waals surface area contributed by atoms with Gasteiger partial charge < -0.3 is 15.4 Å². The topological polar surface area (TPSA) is 68.7 Å². The fourth-order valence-corrected chi connectivity index (χ4v) is 3.60. The van der Waals surface area contributed by atoms with E-state index in [0.29, 0.717) is 43.3 Å². The summed E-state index contributed by atoms with van der Waals surface area (Å²) >= 11 is 12.8. The zero-order chi connectivity index (χ0) is 19.6. The molecule has 1 aliphatic rings. The van der Waals surface area contributed by atoms with Gasteiger partial charge in [-0.1, -0.05) is 29.3 Å². The van der Waals surface area contributed by atoms with E-state index in [4.69, 9.17) is 27.9 Å². The van der Waals surface area contributed by atoms with Gasteiger partial charge in [-0.3, -0.25) is 0 Å². The second kappa shape index (κ2) is 8.39. The summed E-state index contributed by atoms with van der Waals surface area (Å²) in [5, 5.41) is 4.91. The molecule has 1 fully saturated rings. The Bertz CT molecular complexity index is 936. The van der Waals surface area contributed by atoms with E-state index in [1.54, 1.807) is 22.8 Å². The van der Waals surface area contributed by atoms with Gasteiger partial charge in [-0.2, -0.15) is 9.61 Å². The number of ether oxygens (including phenoxy) is 1. The molecule has 1 aromatic carbocycles. The number of hydrogen-bond donors (Lipinski definition) is 1. The average Bonchev–Trinajstić information content (AvgIpc) is 3.04. The third-order valence-electron chi connectivity index (χ3n) is 4.28. The van der Waals surface area contributed by atoms with Crippen LogP contribution in [0.5, 0.6) is 0 Å². The lowest BCUT2D eigenvalue weighted by atomic mass is 10.1. The van der Waals surface area contributed by atoms with Gasteiger partial charge in [0.25, 0.3) is 0 Å². The summed E-state index contributed by atoms with van der Waals surface area (Å²) < 4.78 is 21.8. The molecule has 9 heteroatoms. The van der Waals surface area contributed by atoms with Crippen LogP contribution in [0.3, 0.4) is 0 Å². The molecule has 0 saturated carbocycles. The molecule has 2 N–H and O–H groups in total. The number of aromatic nitrogens is 3. The van der Waals surface area contributed by atoms with Gasteiger partial charge in [0.1, 0.15) is 16.8 Å². The Morgan fingerprint density at radius 2 is 1.85 bits per heavy atom. The summed E-state index contributed by atoms with van der Waals surface area (Å²) in [6.07, 6.45) is 1.72. The number of nitrogens with zero attached hydrogens (tertiary/aromatic N) is 4. The van der Waals surface area contributed by atoms with Gasteiger partial charge in [0.2, 0.25) is 0 Å². The van der Waals surface area contributed by atoms with Crippen LogP contribution in [0.25, 0.3) is 16.8 Å². The van der Waals surface area contributed by atoms with Crippen LogP contribution in [0.1, 0.15) is 5.56 Å². The van der Waals surface area contributed by atoms with E-state index >= 15 is 0 Å². The van der Waals surface area contributed by atoms with E-state index < -0.39 is 5.82 Å². The van der Waals surface area contributed by atoms with Crippen molar-refractivity contribution in [2.45, 2.75) is 6.92 Å². The lowest BCUT2D eigenvalue weighted by molar-refractivity contribution is 0.122. The molecule has 27 heavy (non-hydrogen) atoms. The summed E-state index contributed by atoms with van der Waals surface area (Å²) in [6, 6.07) is 4.56. The van der Waals surface area contributed by atoms with Crippen LogP contribution in [-0.4, -0.2) is 47.9 Å². The molecule has 3 heterocycles. The molecule has 0 spiro atoms. The van der Waals surface area contributed by atoms with Crippen LogP contribution in [-0.2, 0) is 4.74 Å². The van der Waals surface area contributed by atoms with Gasteiger partial charge in [0.15, 0.2) is 5.65 Å². The second-order valence-electron chi connectivity index (χ2n) is 5.86. The summed E-state index contributed by atoms with van der Waals surface area (Å²) in [6.45, 7) is 4.35. The first-order chi connectivity index (χ1) is 13.1. The SMILES string of the molecule is CN.Cc1cnn2c(N3CCOCC3)c(-c3c(F)cccc3Cl)c(Cl)nc12. The molecule has 1 saturated heterocycles. The molecule has 3 aromatic rings. The molecular weight excluding hydrogens is 392 g/mol. The molecule has 0 atom stereocenters. The van der Waals surface area contributed by atoms with Gasteiger partial charge >= 0.3 is 0 Å². The first-order valence-electron chi connectivity index (χ1n) is 8.46. The Morgan fingerprint density at radius 3 is 2.52 bits per heavy atom. The van der Waals surface area contributed by atoms with Gasteiger partial charge in [-0.15, -0.1) is 0 Å². The smallest absolute Gasteiger partial charge is 0.161 e. The van der Waals surface area contributed by atoms with Crippen molar-refractivity contribution in [2.24, 2.45) is 5.73 Å². The van der Waals surface area contributed by atoms with Crippen molar-refractivity contribution in [1.29, 1.82) is 0 Å². The molecule has 0 bridgehead atoms. The van der Waals surface area contributed by atoms with Crippen molar-refractivity contribution in [3.63, 3.8) is 0 Å². The highest BCUT2D eigenvalue weighted by molar-refractivity contribution is 6.36. The van der Waals surface area contributed by atoms with Crippen molar-refractivity contribution >= 4 is 34.7 Å². The van der Waals surface area contributed by atoms with Crippen molar-refractivity contribution in [3.05, 3.63) is 46.0 Å². The lowest BCUT2D eigenvalue weighted by Gasteiger charge is -2.31. The minimum absolute atomic E-state index is 0.199. The van der Waals surface area contributed by atoms with Gasteiger partial charge in [0.05, 0.1) is 30.0 Å². The van der Waals surface area contributed by atoms with E-state index in [1.807, 2.05) is 6.92 Å². The van der Waals surface area contributed by atoms with E-state index in [2.05, 4.69) is 20.7 Å². The number of halogens is 3. The van der Waals surface area contributed by atoms with Crippen molar-refractivity contribution in [2.75, 3.05) is 38.3 Å². The Hall–Kier alpha value is -1.93. The monoisotopic (exact) mass is 411 g/mol. The number of anilines is 1. The largest absolute Gasteiger partial charge is 0.378 e. The molecule has 0 aliphatic carbocycles. The number of aryl methyl sites for hydroxylation is 1. The Kier molecular flexibility index (Phi) is 6.16. The molecule has 2 aromatic heterocycles. The molecule has 1 aliphatic heterocycles. The molecule has 0 radical (unpaired) electrons. The summed E-state index contributed by atoms with van der Waals surface area (Å²) in [5.74, 6) is 0.229. The number of hydrogen-bond acceptors (Lipinski definition) is 5. The van der Waals surface area contributed by atoms with E-state index in [1.165, 1.54) is 13.1 Å². The van der Waals surface area contributed by atoms with Crippen LogP contribution >= 0.6 is 23.2 Å². The van der Waals surface area contributed by atoms with Gasteiger partial charge in [0, 0.05) is 24.2 Å². The maximum Gasteiger partial charge on any atom is 0.161 e. The number of nitrogens with two attached hydrogens (primary N) is 1. The standard InChI is InChI=1S/C17H15Cl2FN4O.CH5N/c1-10-9-21-24-16(10)22-15(19)14(13-11(18)3-2-4-12(13)20)17(24)23-5-7-25-8-6-23;1-2/h2-4,9H,5-8H2,1H3;2H2,1H3. The quantitative estimate of drug-likeness (QED) is 0.652. The minimum Gasteiger partial charge on any atom is -0.378 e. The number of benzene rings is 1. The lowest BCUT2D eigenvalue weighted by Crippen LogP contribution is -2.38. The van der Waals surface area contributed by atoms with Crippen LogP contribution in [0.4, 0.5) is 10.2 Å². The maximum absolute atomic E-state index is 14.6. The molecular formula is C18H20Cl2FN5O.